The van der Waals surface area contributed by atoms with E-state index in [1.807, 2.05) is 0 Å². The molecule has 1 aromatic rings. The summed E-state index contributed by atoms with van der Waals surface area (Å²) in [6, 6.07) is 6.80. The van der Waals surface area contributed by atoms with E-state index in [2.05, 4.69) is 5.32 Å². The van der Waals surface area contributed by atoms with Crippen LogP contribution in [0.2, 0.25) is 0 Å². The predicted molar refractivity (Wildman–Crippen MR) is 102 cm³/mol. The molecular weight excluding hydrogens is 364 g/mol. The fourth-order valence-electron chi connectivity index (χ4n) is 2.36. The lowest BCUT2D eigenvalue weighted by Gasteiger charge is -2.15. The van der Waals surface area contributed by atoms with Crippen molar-refractivity contribution in [2.45, 2.75) is 12.1 Å². The molecule has 1 aromatic carbocycles. The minimum atomic E-state index is -0.491. The molecule has 0 radical (unpaired) electrons. The number of amides is 2. The van der Waals surface area contributed by atoms with E-state index in [4.69, 9.17) is 12.2 Å². The second kappa shape index (κ2) is 7.26. The number of thiocarbonyl (C=S) groups is 1. The number of benzene rings is 1. The Morgan fingerprint density at radius 3 is 2.62 bits per heavy atom. The maximum absolute atomic E-state index is 12.2. The summed E-state index contributed by atoms with van der Waals surface area (Å²) in [5, 5.41) is 12.6. The number of aliphatic hydroxyl groups excluding tert-OH is 1. The number of nitrogens with zero attached hydrogens (tertiary/aromatic N) is 1. The van der Waals surface area contributed by atoms with Crippen LogP contribution in [0.4, 0.5) is 0 Å². The molecule has 2 aliphatic heterocycles. The molecule has 2 atom stereocenters. The number of hydrogen-bond donors (Lipinski definition) is 2. The van der Waals surface area contributed by atoms with Crippen LogP contribution in [0, 0.1) is 0 Å². The molecule has 0 saturated carbocycles. The van der Waals surface area contributed by atoms with E-state index in [0.29, 0.717) is 20.5 Å². The van der Waals surface area contributed by atoms with Crippen LogP contribution in [0.15, 0.2) is 29.2 Å². The van der Waals surface area contributed by atoms with Crippen molar-refractivity contribution >= 4 is 58.0 Å². The van der Waals surface area contributed by atoms with Gasteiger partial charge in [0.2, 0.25) is 0 Å². The van der Waals surface area contributed by atoms with Gasteiger partial charge < -0.3 is 10.4 Å². The lowest BCUT2D eigenvalue weighted by molar-refractivity contribution is -0.121. The second-order valence-corrected chi connectivity index (χ2v) is 8.30. The van der Waals surface area contributed by atoms with Crippen LogP contribution in [-0.4, -0.2) is 56.8 Å². The SMILES string of the molecule is CN1C(=O)/C(=C/c2ccc(C(=O)N[C@H]3CSC[C@H]3O)cc2)SC1=S. The van der Waals surface area contributed by atoms with Gasteiger partial charge in [0, 0.05) is 24.1 Å². The van der Waals surface area contributed by atoms with Crippen molar-refractivity contribution in [3.8, 4) is 0 Å². The number of rotatable bonds is 3. The van der Waals surface area contributed by atoms with E-state index in [9.17, 15) is 14.7 Å². The Balaban J connectivity index is 1.68. The van der Waals surface area contributed by atoms with Crippen molar-refractivity contribution in [1.82, 2.24) is 10.2 Å². The molecule has 24 heavy (non-hydrogen) atoms. The Hall–Kier alpha value is -1.35. The first kappa shape index (κ1) is 17.5. The van der Waals surface area contributed by atoms with Gasteiger partial charge in [-0.05, 0) is 23.8 Å². The summed E-state index contributed by atoms with van der Waals surface area (Å²) in [6.07, 6.45) is 1.27. The highest BCUT2D eigenvalue weighted by Crippen LogP contribution is 2.31. The Morgan fingerprint density at radius 1 is 1.38 bits per heavy atom. The van der Waals surface area contributed by atoms with Crippen molar-refractivity contribution in [1.29, 1.82) is 0 Å². The summed E-state index contributed by atoms with van der Waals surface area (Å²) in [5.74, 6) is 1.07. The average molecular weight is 381 g/mol. The highest BCUT2D eigenvalue weighted by molar-refractivity contribution is 8.26. The number of thioether (sulfide) groups is 2. The van der Waals surface area contributed by atoms with Crippen LogP contribution < -0.4 is 5.32 Å². The molecule has 0 aliphatic carbocycles. The average Bonchev–Trinajstić information content (AvgIpc) is 3.07. The smallest absolute Gasteiger partial charge is 0.265 e. The van der Waals surface area contributed by atoms with Crippen LogP contribution in [-0.2, 0) is 4.79 Å². The van der Waals surface area contributed by atoms with Crippen molar-refractivity contribution in [3.05, 3.63) is 40.3 Å². The molecule has 2 saturated heterocycles. The highest BCUT2D eigenvalue weighted by atomic mass is 32.2. The highest BCUT2D eigenvalue weighted by Gasteiger charge is 2.29. The predicted octanol–water partition coefficient (Wildman–Crippen LogP) is 1.72. The molecule has 0 bridgehead atoms. The molecule has 5 nitrogen and oxygen atoms in total. The van der Waals surface area contributed by atoms with Gasteiger partial charge in [-0.25, -0.2) is 0 Å². The molecule has 0 spiro atoms. The minimum absolute atomic E-state index is 0.112. The largest absolute Gasteiger partial charge is 0.390 e. The summed E-state index contributed by atoms with van der Waals surface area (Å²) >= 11 is 7.99. The lowest BCUT2D eigenvalue weighted by Crippen LogP contribution is -2.42. The number of hydrogen-bond acceptors (Lipinski definition) is 6. The summed E-state index contributed by atoms with van der Waals surface area (Å²) in [5.41, 5.74) is 1.36. The first-order chi connectivity index (χ1) is 11.5. The van der Waals surface area contributed by atoms with Crippen LogP contribution in [0.3, 0.4) is 0 Å². The zero-order chi connectivity index (χ0) is 17.3. The topological polar surface area (TPSA) is 69.6 Å². The van der Waals surface area contributed by atoms with Gasteiger partial charge in [-0.3, -0.25) is 14.5 Å². The van der Waals surface area contributed by atoms with E-state index >= 15 is 0 Å². The van der Waals surface area contributed by atoms with E-state index in [-0.39, 0.29) is 17.9 Å². The lowest BCUT2D eigenvalue weighted by atomic mass is 10.1. The molecule has 2 amide bonds. The fraction of sp³-hybridized carbons (Fsp3) is 0.312. The third-order valence-electron chi connectivity index (χ3n) is 3.82. The maximum atomic E-state index is 12.2. The zero-order valence-electron chi connectivity index (χ0n) is 12.9. The quantitative estimate of drug-likeness (QED) is 0.615. The monoisotopic (exact) mass is 380 g/mol. The van der Waals surface area contributed by atoms with Crippen molar-refractivity contribution in [2.24, 2.45) is 0 Å². The molecular formula is C16H16N2O3S3. The van der Waals surface area contributed by atoms with Crippen LogP contribution in [0.25, 0.3) is 6.08 Å². The Kier molecular flexibility index (Phi) is 5.29. The van der Waals surface area contributed by atoms with Gasteiger partial charge in [0.05, 0.1) is 17.1 Å². The van der Waals surface area contributed by atoms with Gasteiger partial charge >= 0.3 is 0 Å². The van der Waals surface area contributed by atoms with Crippen molar-refractivity contribution in [3.63, 3.8) is 0 Å². The van der Waals surface area contributed by atoms with Crippen LogP contribution in [0.5, 0.6) is 0 Å². The summed E-state index contributed by atoms with van der Waals surface area (Å²) < 4.78 is 0.537. The standard InChI is InChI=1S/C16H16N2O3S3/c1-18-15(21)13(24-16(18)22)6-9-2-4-10(5-3-9)14(20)17-11-7-23-8-12(11)19/h2-6,11-12,19H,7-8H2,1H3,(H,17,20)/b13-6-/t11-,12+/m0/s1. The Labute approximate surface area is 153 Å². The Bertz CT molecular complexity index is 718. The normalized spacial score (nSPS) is 25.6. The van der Waals surface area contributed by atoms with Gasteiger partial charge in [0.25, 0.3) is 11.8 Å². The molecule has 2 aliphatic rings. The molecule has 126 valence electrons. The van der Waals surface area contributed by atoms with E-state index in [1.54, 1.807) is 49.2 Å². The molecule has 2 N–H and O–H groups in total. The van der Waals surface area contributed by atoms with Gasteiger partial charge in [0.15, 0.2) is 0 Å². The molecule has 3 rings (SSSR count). The van der Waals surface area contributed by atoms with E-state index in [1.165, 1.54) is 16.7 Å². The van der Waals surface area contributed by atoms with Crippen LogP contribution >= 0.6 is 35.7 Å². The van der Waals surface area contributed by atoms with Gasteiger partial charge in [-0.1, -0.05) is 36.1 Å². The summed E-state index contributed by atoms with van der Waals surface area (Å²) in [7, 11) is 1.65. The molecule has 0 unspecified atom stereocenters. The first-order valence-corrected chi connectivity index (χ1v) is 9.72. The number of carbonyl (C=O) groups excluding carboxylic acids is 2. The van der Waals surface area contributed by atoms with Crippen molar-refractivity contribution in [2.75, 3.05) is 18.6 Å². The van der Waals surface area contributed by atoms with E-state index < -0.39 is 6.10 Å². The van der Waals surface area contributed by atoms with Gasteiger partial charge in [0.1, 0.15) is 4.32 Å². The fourth-order valence-corrected chi connectivity index (χ4v) is 4.71. The third kappa shape index (κ3) is 3.66. The number of likely N-dealkylation sites (N-methyl/N-ethyl adjacent to an activating group) is 1. The number of nitrogens with one attached hydrogen (secondary N) is 1. The second-order valence-electron chi connectivity index (χ2n) is 5.55. The molecule has 2 heterocycles. The maximum Gasteiger partial charge on any atom is 0.265 e. The van der Waals surface area contributed by atoms with Gasteiger partial charge in [-0.15, -0.1) is 0 Å². The Morgan fingerprint density at radius 2 is 2.08 bits per heavy atom. The molecule has 2 fully saturated rings. The number of carbonyl (C=O) groups is 2. The summed E-state index contributed by atoms with van der Waals surface area (Å²) in [4.78, 5) is 26.2. The first-order valence-electron chi connectivity index (χ1n) is 7.34. The molecule has 0 aromatic heterocycles. The minimum Gasteiger partial charge on any atom is -0.390 e. The number of aliphatic hydroxyl groups is 1. The van der Waals surface area contributed by atoms with Crippen molar-refractivity contribution < 1.29 is 14.7 Å². The summed E-state index contributed by atoms with van der Waals surface area (Å²) in [6.45, 7) is 0. The van der Waals surface area contributed by atoms with Crippen LogP contribution in [0.1, 0.15) is 15.9 Å². The molecule has 8 heteroatoms. The third-order valence-corrected chi connectivity index (χ3v) is 6.48. The van der Waals surface area contributed by atoms with Gasteiger partial charge in [-0.2, -0.15) is 11.8 Å². The van der Waals surface area contributed by atoms with E-state index in [0.717, 1.165) is 11.3 Å². The zero-order valence-corrected chi connectivity index (χ0v) is 15.3.